The second-order valence-electron chi connectivity index (χ2n) is 8.86. The average molecular weight is 438 g/mol. The number of allylic oxidation sites excluding steroid dienone is 1. The van der Waals surface area contributed by atoms with Crippen LogP contribution in [-0.2, 0) is 15.0 Å². The van der Waals surface area contributed by atoms with E-state index in [4.69, 9.17) is 0 Å². The van der Waals surface area contributed by atoms with E-state index in [1.165, 1.54) is 19.1 Å². The molecule has 2 rings (SSSR count). The minimum atomic E-state index is -5.20. The Kier molecular flexibility index (Phi) is 6.73. The third-order valence-corrected chi connectivity index (χ3v) is 5.53. The number of carbonyl (C=O) groups is 3. The van der Waals surface area contributed by atoms with Gasteiger partial charge in [0.25, 0.3) is 11.8 Å². The molecule has 8 heteroatoms. The van der Waals surface area contributed by atoms with Crippen LogP contribution in [0.1, 0.15) is 70.3 Å². The Morgan fingerprint density at radius 2 is 1.65 bits per heavy atom. The van der Waals surface area contributed by atoms with E-state index < -0.39 is 34.9 Å². The molecule has 0 saturated heterocycles. The molecule has 170 valence electrons. The van der Waals surface area contributed by atoms with Crippen molar-refractivity contribution in [1.82, 2.24) is 10.2 Å². The Labute approximate surface area is 180 Å². The van der Waals surface area contributed by atoms with Gasteiger partial charge in [0.15, 0.2) is 5.78 Å². The van der Waals surface area contributed by atoms with Crippen LogP contribution in [0.4, 0.5) is 13.2 Å². The molecule has 1 aliphatic rings. The Morgan fingerprint density at radius 3 is 2.06 bits per heavy atom. The maximum Gasteiger partial charge on any atom is 0.425 e. The monoisotopic (exact) mass is 438 g/mol. The largest absolute Gasteiger partial charge is 0.425 e. The molecule has 0 radical (unpaired) electrons. The molecule has 0 bridgehead atoms. The highest BCUT2D eigenvalue weighted by Crippen LogP contribution is 2.45. The fraction of sp³-hybridized carbons (Fsp3) is 0.522. The molecule has 1 heterocycles. The van der Waals surface area contributed by atoms with Crippen molar-refractivity contribution in [2.24, 2.45) is 0 Å². The van der Waals surface area contributed by atoms with Crippen LogP contribution >= 0.6 is 0 Å². The van der Waals surface area contributed by atoms with Crippen molar-refractivity contribution in [2.75, 3.05) is 6.54 Å². The Bertz CT molecular complexity index is 911. The molecule has 0 aromatic heterocycles. The first-order valence-electron chi connectivity index (χ1n) is 10.2. The molecule has 31 heavy (non-hydrogen) atoms. The molecule has 5 nitrogen and oxygen atoms in total. The third-order valence-electron chi connectivity index (χ3n) is 5.53. The number of unbranched alkanes of at least 4 members (excludes halogenated alkanes) is 1. The van der Waals surface area contributed by atoms with Gasteiger partial charge in [0, 0.05) is 17.8 Å². The van der Waals surface area contributed by atoms with Gasteiger partial charge in [0.05, 0.1) is 5.57 Å². The summed E-state index contributed by atoms with van der Waals surface area (Å²) in [5.41, 5.74) is -3.55. The summed E-state index contributed by atoms with van der Waals surface area (Å²) in [7, 11) is 0. The number of carbonyl (C=O) groups excluding carboxylic acids is 3. The lowest BCUT2D eigenvalue weighted by molar-refractivity contribution is -0.190. The molecule has 1 aromatic rings. The van der Waals surface area contributed by atoms with E-state index in [0.29, 0.717) is 12.8 Å². The summed E-state index contributed by atoms with van der Waals surface area (Å²) in [5, 5.41) is 1.89. The molecule has 2 amide bonds. The predicted molar refractivity (Wildman–Crippen MR) is 111 cm³/mol. The fourth-order valence-corrected chi connectivity index (χ4v) is 3.79. The minimum Gasteiger partial charge on any atom is -0.326 e. The summed E-state index contributed by atoms with van der Waals surface area (Å²) in [4.78, 5) is 39.1. The lowest BCUT2D eigenvalue weighted by Gasteiger charge is -2.33. The predicted octanol–water partition coefficient (Wildman–Crippen LogP) is 4.52. The molecule has 1 N–H and O–H groups in total. The maximum atomic E-state index is 14.4. The Morgan fingerprint density at radius 1 is 1.10 bits per heavy atom. The quantitative estimate of drug-likeness (QED) is 0.710. The number of nitrogens with zero attached hydrogens (tertiary/aromatic N) is 1. The standard InChI is InChI=1S/C23H29F3N2O3/c1-7-8-13-28-14(2)18(15(3)29)22(20(28)31,23(24,25)26)27-19(30)16-9-11-17(12-10-16)21(4,5)6/h9-12H,7-8,13H2,1-6H3,(H,27,30)/t22-/m1/s1. The van der Waals surface area contributed by atoms with Gasteiger partial charge in [-0.15, -0.1) is 0 Å². The summed E-state index contributed by atoms with van der Waals surface area (Å²) >= 11 is 0. The molecule has 0 unspecified atom stereocenters. The summed E-state index contributed by atoms with van der Waals surface area (Å²) < 4.78 is 43.2. The molecule has 0 aliphatic carbocycles. The van der Waals surface area contributed by atoms with Crippen molar-refractivity contribution in [2.45, 2.75) is 71.5 Å². The van der Waals surface area contributed by atoms with Crippen LogP contribution in [-0.4, -0.2) is 40.8 Å². The zero-order chi connectivity index (χ0) is 23.8. The zero-order valence-corrected chi connectivity index (χ0v) is 18.7. The maximum absolute atomic E-state index is 14.4. The number of amides is 2. The fourth-order valence-electron chi connectivity index (χ4n) is 3.79. The van der Waals surface area contributed by atoms with Crippen LogP contribution in [0.3, 0.4) is 0 Å². The number of hydrogen-bond donors (Lipinski definition) is 1. The van der Waals surface area contributed by atoms with Gasteiger partial charge < -0.3 is 10.2 Å². The number of nitrogens with one attached hydrogen (secondary N) is 1. The highest BCUT2D eigenvalue weighted by atomic mass is 19.4. The van der Waals surface area contributed by atoms with Crippen molar-refractivity contribution in [3.63, 3.8) is 0 Å². The normalized spacial score (nSPS) is 19.8. The lowest BCUT2D eigenvalue weighted by atomic mass is 9.85. The van der Waals surface area contributed by atoms with E-state index in [9.17, 15) is 27.6 Å². The van der Waals surface area contributed by atoms with E-state index in [0.717, 1.165) is 17.4 Å². The first-order chi connectivity index (χ1) is 14.2. The first kappa shape index (κ1) is 24.6. The number of ketones is 1. The zero-order valence-electron chi connectivity index (χ0n) is 18.7. The van der Waals surface area contributed by atoms with Crippen LogP contribution in [0, 0.1) is 0 Å². The van der Waals surface area contributed by atoms with Gasteiger partial charge in [-0.3, -0.25) is 14.4 Å². The van der Waals surface area contributed by atoms with E-state index in [1.807, 2.05) is 33.0 Å². The van der Waals surface area contributed by atoms with Crippen molar-refractivity contribution in [1.29, 1.82) is 0 Å². The summed E-state index contributed by atoms with van der Waals surface area (Å²) in [6.45, 7) is 10.1. The van der Waals surface area contributed by atoms with Crippen LogP contribution in [0.5, 0.6) is 0 Å². The van der Waals surface area contributed by atoms with Crippen molar-refractivity contribution in [3.8, 4) is 0 Å². The van der Waals surface area contributed by atoms with Crippen molar-refractivity contribution in [3.05, 3.63) is 46.7 Å². The van der Waals surface area contributed by atoms with Crippen molar-refractivity contribution < 1.29 is 27.6 Å². The number of halogens is 3. The van der Waals surface area contributed by atoms with Crippen LogP contribution in [0.25, 0.3) is 0 Å². The Balaban J connectivity index is 2.55. The second-order valence-corrected chi connectivity index (χ2v) is 8.86. The lowest BCUT2D eigenvalue weighted by Crippen LogP contribution is -2.66. The molecule has 1 atom stereocenters. The molecule has 1 aliphatic heterocycles. The van der Waals surface area contributed by atoms with Gasteiger partial charge in [0.2, 0.25) is 5.54 Å². The molecule has 1 aromatic carbocycles. The van der Waals surface area contributed by atoms with Crippen molar-refractivity contribution >= 4 is 17.6 Å². The third kappa shape index (κ3) is 4.38. The van der Waals surface area contributed by atoms with Gasteiger partial charge in [0.1, 0.15) is 0 Å². The first-order valence-corrected chi connectivity index (χ1v) is 10.2. The molecule has 0 saturated carbocycles. The number of alkyl halides is 3. The van der Waals surface area contributed by atoms with Gasteiger partial charge >= 0.3 is 6.18 Å². The summed E-state index contributed by atoms with van der Waals surface area (Å²) in [6, 6.07) is 6.15. The summed E-state index contributed by atoms with van der Waals surface area (Å²) in [5.74, 6) is -3.34. The smallest absolute Gasteiger partial charge is 0.326 e. The van der Waals surface area contributed by atoms with Crippen LogP contribution < -0.4 is 5.32 Å². The molecular weight excluding hydrogens is 409 g/mol. The molecular formula is C23H29F3N2O3. The minimum absolute atomic E-state index is 0.0306. The number of Topliss-reactive ketones (excluding diaryl/α,β-unsaturated/α-hetero) is 1. The van der Waals surface area contributed by atoms with E-state index in [-0.39, 0.29) is 23.2 Å². The highest BCUT2D eigenvalue weighted by molar-refractivity contribution is 6.13. The number of benzene rings is 1. The van der Waals surface area contributed by atoms with Crippen LogP contribution in [0.15, 0.2) is 35.5 Å². The van der Waals surface area contributed by atoms with Gasteiger partial charge in [-0.2, -0.15) is 13.2 Å². The average Bonchev–Trinajstić information content (AvgIpc) is 2.86. The van der Waals surface area contributed by atoms with E-state index in [2.05, 4.69) is 0 Å². The van der Waals surface area contributed by atoms with Crippen LogP contribution in [0.2, 0.25) is 0 Å². The summed E-state index contributed by atoms with van der Waals surface area (Å²) in [6.07, 6.45) is -4.09. The SMILES string of the molecule is CCCCN1C(=O)[C@@](NC(=O)c2ccc(C(C)(C)C)cc2)(C(F)(F)F)C(C(C)=O)=C1C. The Hall–Kier alpha value is -2.64. The highest BCUT2D eigenvalue weighted by Gasteiger charge is 2.69. The second kappa shape index (κ2) is 8.48. The van der Waals surface area contributed by atoms with Gasteiger partial charge in [-0.05, 0) is 43.4 Å². The van der Waals surface area contributed by atoms with Gasteiger partial charge in [-0.1, -0.05) is 46.2 Å². The number of rotatable bonds is 6. The molecule has 0 spiro atoms. The van der Waals surface area contributed by atoms with Gasteiger partial charge in [-0.25, -0.2) is 0 Å². The topological polar surface area (TPSA) is 66.5 Å². The van der Waals surface area contributed by atoms with E-state index >= 15 is 0 Å². The molecule has 0 fully saturated rings. The van der Waals surface area contributed by atoms with E-state index in [1.54, 1.807) is 12.1 Å². The number of hydrogen-bond acceptors (Lipinski definition) is 3.